The molecule has 0 radical (unpaired) electrons. The fourth-order valence-corrected chi connectivity index (χ4v) is 4.54. The van der Waals surface area contributed by atoms with Crippen LogP contribution in [-0.2, 0) is 4.79 Å². The van der Waals surface area contributed by atoms with Crippen LogP contribution in [-0.4, -0.2) is 34.8 Å². The molecule has 1 aliphatic carbocycles. The van der Waals surface area contributed by atoms with Gasteiger partial charge in [0.1, 0.15) is 17.5 Å². The third-order valence-corrected chi connectivity index (χ3v) is 6.52. The van der Waals surface area contributed by atoms with E-state index in [4.69, 9.17) is 42.8 Å². The molecular formula is C23H20Cl2N4O3. The molecule has 0 saturated heterocycles. The average molecular weight is 471 g/mol. The molecular weight excluding hydrogens is 451 g/mol. The molecule has 1 aromatic heterocycles. The van der Waals surface area contributed by atoms with E-state index in [0.717, 1.165) is 29.7 Å². The standard InChI is InChI=1S/C23H20Cl2N4O3/c1-31-13-7-8-14(19(11-13)32-2)21-20-17(4-3-5-18(20)30)26-23-27-22(28-29(21)23)12-6-9-15(24)16(25)10-12/h6-11,21H,3-5H2,1-2H3,(H,26,27,28). The van der Waals surface area contributed by atoms with Crippen LogP contribution in [0.4, 0.5) is 5.95 Å². The number of hydrogen-bond acceptors (Lipinski definition) is 6. The van der Waals surface area contributed by atoms with Gasteiger partial charge >= 0.3 is 0 Å². The SMILES string of the molecule is COc1ccc(C2C3=C(CCCC3=O)Nc3nc(-c4ccc(Cl)c(Cl)c4)nn32)c(OC)c1. The summed E-state index contributed by atoms with van der Waals surface area (Å²) in [6.07, 6.45) is 2.06. The zero-order chi connectivity index (χ0) is 22.4. The molecule has 2 aliphatic rings. The van der Waals surface area contributed by atoms with Crippen molar-refractivity contribution in [1.82, 2.24) is 14.8 Å². The molecule has 5 rings (SSSR count). The second-order valence-corrected chi connectivity index (χ2v) is 8.45. The Morgan fingerprint density at radius 1 is 1.06 bits per heavy atom. The maximum Gasteiger partial charge on any atom is 0.226 e. The highest BCUT2D eigenvalue weighted by molar-refractivity contribution is 6.42. The molecule has 1 atom stereocenters. The molecule has 2 heterocycles. The second-order valence-electron chi connectivity index (χ2n) is 7.64. The van der Waals surface area contributed by atoms with Crippen LogP contribution in [0.15, 0.2) is 47.7 Å². The first-order valence-electron chi connectivity index (χ1n) is 10.2. The van der Waals surface area contributed by atoms with Crippen molar-refractivity contribution < 1.29 is 14.3 Å². The number of halogens is 2. The molecule has 164 valence electrons. The number of rotatable bonds is 4. The number of aromatic nitrogens is 3. The van der Waals surface area contributed by atoms with Crippen molar-refractivity contribution in [3.8, 4) is 22.9 Å². The predicted molar refractivity (Wildman–Crippen MR) is 123 cm³/mol. The quantitative estimate of drug-likeness (QED) is 0.557. The number of hydrogen-bond donors (Lipinski definition) is 1. The van der Waals surface area contributed by atoms with Gasteiger partial charge in [-0.2, -0.15) is 4.98 Å². The number of allylic oxidation sites excluding steroid dienone is 2. The first-order chi connectivity index (χ1) is 15.5. The average Bonchev–Trinajstić information content (AvgIpc) is 3.23. The van der Waals surface area contributed by atoms with Crippen molar-refractivity contribution in [2.45, 2.75) is 25.3 Å². The largest absolute Gasteiger partial charge is 0.497 e. The fraction of sp³-hybridized carbons (Fsp3) is 0.261. The summed E-state index contributed by atoms with van der Waals surface area (Å²) in [5, 5.41) is 8.97. The van der Waals surface area contributed by atoms with Crippen molar-refractivity contribution >= 4 is 34.9 Å². The molecule has 0 spiro atoms. The smallest absolute Gasteiger partial charge is 0.226 e. The van der Waals surface area contributed by atoms with Gasteiger partial charge in [0.15, 0.2) is 11.6 Å². The van der Waals surface area contributed by atoms with E-state index in [1.54, 1.807) is 37.1 Å². The lowest BCUT2D eigenvalue weighted by Gasteiger charge is -2.32. The first-order valence-corrected chi connectivity index (χ1v) is 10.9. The van der Waals surface area contributed by atoms with Gasteiger partial charge in [-0.1, -0.05) is 23.2 Å². The van der Waals surface area contributed by atoms with Crippen LogP contribution in [0.5, 0.6) is 11.5 Å². The van der Waals surface area contributed by atoms with Gasteiger partial charge in [0.25, 0.3) is 0 Å². The van der Waals surface area contributed by atoms with E-state index in [1.165, 1.54) is 0 Å². The third kappa shape index (κ3) is 3.42. The van der Waals surface area contributed by atoms with Gasteiger partial charge in [-0.3, -0.25) is 4.79 Å². The van der Waals surface area contributed by atoms with Crippen LogP contribution < -0.4 is 14.8 Å². The molecule has 0 amide bonds. The number of carbonyl (C=O) groups excluding carboxylic acids is 1. The zero-order valence-corrected chi connectivity index (χ0v) is 19.0. The molecule has 32 heavy (non-hydrogen) atoms. The molecule has 2 aromatic carbocycles. The summed E-state index contributed by atoms with van der Waals surface area (Å²) in [6, 6.07) is 10.3. The molecule has 0 saturated carbocycles. The van der Waals surface area contributed by atoms with Crippen molar-refractivity contribution in [3.05, 3.63) is 63.3 Å². The highest BCUT2D eigenvalue weighted by atomic mass is 35.5. The minimum absolute atomic E-state index is 0.0962. The van der Waals surface area contributed by atoms with Crippen molar-refractivity contribution in [1.29, 1.82) is 0 Å². The van der Waals surface area contributed by atoms with Gasteiger partial charge in [0, 0.05) is 34.9 Å². The summed E-state index contributed by atoms with van der Waals surface area (Å²) >= 11 is 12.3. The van der Waals surface area contributed by atoms with Gasteiger partial charge in [-0.15, -0.1) is 5.10 Å². The number of fused-ring (bicyclic) bond motifs is 1. The van der Waals surface area contributed by atoms with Gasteiger partial charge < -0.3 is 14.8 Å². The summed E-state index contributed by atoms with van der Waals surface area (Å²) in [5.41, 5.74) is 3.11. The Kier molecular flexibility index (Phi) is 5.31. The molecule has 3 aromatic rings. The van der Waals surface area contributed by atoms with E-state index in [9.17, 15) is 4.79 Å². The Bertz CT molecular complexity index is 1270. The number of methoxy groups -OCH3 is 2. The van der Waals surface area contributed by atoms with E-state index >= 15 is 0 Å². The Balaban J connectivity index is 1.69. The number of ketones is 1. The molecule has 1 N–H and O–H groups in total. The topological polar surface area (TPSA) is 78.3 Å². The van der Waals surface area contributed by atoms with Crippen molar-refractivity contribution in [2.24, 2.45) is 0 Å². The molecule has 0 bridgehead atoms. The monoisotopic (exact) mass is 470 g/mol. The van der Waals surface area contributed by atoms with Crippen molar-refractivity contribution in [3.63, 3.8) is 0 Å². The van der Waals surface area contributed by atoms with Gasteiger partial charge in [0.05, 0.1) is 24.3 Å². The second kappa shape index (κ2) is 8.15. The van der Waals surface area contributed by atoms with E-state index in [0.29, 0.717) is 45.3 Å². The molecule has 1 aliphatic heterocycles. The van der Waals surface area contributed by atoms with E-state index in [2.05, 4.69) is 5.32 Å². The van der Waals surface area contributed by atoms with Crippen LogP contribution in [0, 0.1) is 0 Å². The molecule has 0 fully saturated rings. The number of carbonyl (C=O) groups is 1. The number of anilines is 1. The van der Waals surface area contributed by atoms with Crippen LogP contribution in [0.1, 0.15) is 30.9 Å². The van der Waals surface area contributed by atoms with Crippen LogP contribution >= 0.6 is 23.2 Å². The minimum Gasteiger partial charge on any atom is -0.497 e. The van der Waals surface area contributed by atoms with Gasteiger partial charge in [-0.25, -0.2) is 4.68 Å². The number of ether oxygens (including phenoxy) is 2. The van der Waals surface area contributed by atoms with Crippen LogP contribution in [0.25, 0.3) is 11.4 Å². The van der Waals surface area contributed by atoms with Crippen molar-refractivity contribution in [2.75, 3.05) is 19.5 Å². The lowest BCUT2D eigenvalue weighted by atomic mass is 9.85. The summed E-state index contributed by atoms with van der Waals surface area (Å²) in [4.78, 5) is 17.7. The third-order valence-electron chi connectivity index (χ3n) is 5.78. The maximum atomic E-state index is 13.0. The Morgan fingerprint density at radius 2 is 1.91 bits per heavy atom. The lowest BCUT2D eigenvalue weighted by Crippen LogP contribution is -2.31. The highest BCUT2D eigenvalue weighted by Gasteiger charge is 2.38. The Labute approximate surface area is 195 Å². The Hall–Kier alpha value is -3.03. The summed E-state index contributed by atoms with van der Waals surface area (Å²) in [7, 11) is 3.20. The first kappa shape index (κ1) is 20.8. The van der Waals surface area contributed by atoms with Gasteiger partial charge in [0.2, 0.25) is 5.95 Å². The number of nitrogens with one attached hydrogen (secondary N) is 1. The van der Waals surface area contributed by atoms with E-state index < -0.39 is 6.04 Å². The Morgan fingerprint density at radius 3 is 2.66 bits per heavy atom. The minimum atomic E-state index is -0.473. The summed E-state index contributed by atoms with van der Waals surface area (Å²) < 4.78 is 12.8. The normalized spacial score (nSPS) is 17.5. The highest BCUT2D eigenvalue weighted by Crippen LogP contribution is 2.44. The molecule has 1 unspecified atom stereocenters. The van der Waals surface area contributed by atoms with Crippen LogP contribution in [0.2, 0.25) is 10.0 Å². The van der Waals surface area contributed by atoms with Gasteiger partial charge in [-0.05, 0) is 43.2 Å². The predicted octanol–water partition coefficient (Wildman–Crippen LogP) is 5.29. The van der Waals surface area contributed by atoms with Crippen LogP contribution in [0.3, 0.4) is 0 Å². The summed E-state index contributed by atoms with van der Waals surface area (Å²) in [6.45, 7) is 0. The number of nitrogens with zero attached hydrogens (tertiary/aromatic N) is 3. The number of benzene rings is 2. The van der Waals surface area contributed by atoms with E-state index in [-0.39, 0.29) is 5.78 Å². The number of Topliss-reactive ketones (excluding diaryl/α,β-unsaturated/α-hetero) is 1. The zero-order valence-electron chi connectivity index (χ0n) is 17.5. The fourth-order valence-electron chi connectivity index (χ4n) is 4.25. The molecule has 9 heteroatoms. The van der Waals surface area contributed by atoms with E-state index in [1.807, 2.05) is 18.2 Å². The molecule has 7 nitrogen and oxygen atoms in total. The lowest BCUT2D eigenvalue weighted by molar-refractivity contribution is -0.116. The maximum absolute atomic E-state index is 13.0. The summed E-state index contributed by atoms with van der Waals surface area (Å²) in [5.74, 6) is 2.41.